The van der Waals surface area contributed by atoms with Crippen LogP contribution in [-0.4, -0.2) is 9.13 Å². The van der Waals surface area contributed by atoms with Crippen LogP contribution in [0, 0.1) is 50.4 Å². The molecule has 0 saturated carbocycles. The van der Waals surface area contributed by atoms with E-state index in [2.05, 4.69) is 128 Å². The molecule has 0 spiro atoms. The third-order valence-electron chi connectivity index (χ3n) is 13.1. The van der Waals surface area contributed by atoms with Gasteiger partial charge in [-0.1, -0.05) is 131 Å². The van der Waals surface area contributed by atoms with Crippen LogP contribution in [0.25, 0.3) is 99.5 Å². The van der Waals surface area contributed by atoms with Crippen molar-refractivity contribution in [1.29, 1.82) is 10.5 Å². The maximum atomic E-state index is 15.4. The average Bonchev–Trinajstić information content (AvgIpc) is 3.84. The number of para-hydroxylation sites is 2. The van der Waals surface area contributed by atoms with Gasteiger partial charge in [-0.15, -0.1) is 0 Å². The second-order valence-electron chi connectivity index (χ2n) is 17.8. The molecule has 0 aliphatic heterocycles. The van der Waals surface area contributed by atoms with E-state index in [4.69, 9.17) is 0 Å². The maximum absolute atomic E-state index is 15.4. The van der Waals surface area contributed by atoms with Crippen LogP contribution in [0.5, 0.6) is 0 Å². The molecule has 0 amide bonds. The van der Waals surface area contributed by atoms with Crippen molar-refractivity contribution in [3.8, 4) is 68.0 Å². The zero-order chi connectivity index (χ0) is 47.0. The van der Waals surface area contributed by atoms with Crippen molar-refractivity contribution in [1.82, 2.24) is 9.13 Å². The lowest BCUT2D eigenvalue weighted by Gasteiger charge is -2.24. The van der Waals surface area contributed by atoms with E-state index in [1.807, 2.05) is 60.7 Å². The average molecular weight is 887 g/mol. The van der Waals surface area contributed by atoms with Gasteiger partial charge in [-0.3, -0.25) is 0 Å². The van der Waals surface area contributed by atoms with E-state index in [1.165, 1.54) is 12.1 Å². The Morgan fingerprint density at radius 3 is 1.38 bits per heavy atom. The number of nitrogens with zero attached hydrogens (tertiary/aromatic N) is 4. The number of fused-ring (bicyclic) bond motifs is 6. The number of hydrogen-bond acceptors (Lipinski definition) is 2. The van der Waals surface area contributed by atoms with E-state index >= 15 is 13.2 Å². The fourth-order valence-corrected chi connectivity index (χ4v) is 10.5. The van der Waals surface area contributed by atoms with Gasteiger partial charge in [0.05, 0.1) is 62.3 Å². The first-order chi connectivity index (χ1) is 32.9. The van der Waals surface area contributed by atoms with Crippen molar-refractivity contribution in [2.45, 2.75) is 33.9 Å². The SMILES string of the molecule is Cc1cc(C)cc(-c2ccc3c(c2)c2ccccc2n3-c2cccc(C#N)c2-c2c(-c3ccc(C#N)cc3C(F)(F)F)cccc2-n2c3ccccc3c3cc(-c4cc(C)cc(C)c4)ccc32)c1. The molecule has 0 fully saturated rings. The van der Waals surface area contributed by atoms with Gasteiger partial charge in [0.15, 0.2) is 0 Å². The van der Waals surface area contributed by atoms with Crippen molar-refractivity contribution in [3.63, 3.8) is 0 Å². The normalized spacial score (nSPS) is 11.7. The fraction of sp³-hybridized carbons (Fsp3) is 0.0820. The van der Waals surface area contributed by atoms with Crippen molar-refractivity contribution < 1.29 is 13.2 Å². The number of alkyl halides is 3. The third kappa shape index (κ3) is 6.91. The number of aromatic nitrogens is 2. The van der Waals surface area contributed by atoms with Gasteiger partial charge in [0.25, 0.3) is 0 Å². The number of halogens is 3. The summed E-state index contributed by atoms with van der Waals surface area (Å²) in [6.45, 7) is 8.36. The summed E-state index contributed by atoms with van der Waals surface area (Å²) in [6, 6.07) is 61.0. The summed E-state index contributed by atoms with van der Waals surface area (Å²) in [5, 5.41) is 25.0. The van der Waals surface area contributed by atoms with Crippen LogP contribution in [0.2, 0.25) is 0 Å². The standard InChI is InChI=1S/C61H41F3N4/c1-36-25-37(2)28-44(27-36)41-20-23-55-50(32-41)47-12-5-7-15-53(47)67(55)57-17-9-11-43(35-66)59(57)60-49(46-22-19-40(34-65)31-52(46)61(62,63)64)14-10-18-58(60)68-54-16-8-6-13-48(54)51-33-42(21-24-56(51)68)45-29-38(3)26-39(4)30-45/h5-33H,1-4H3. The lowest BCUT2D eigenvalue weighted by Crippen LogP contribution is -2.09. The van der Waals surface area contributed by atoms with Crippen molar-refractivity contribution >= 4 is 43.6 Å². The monoisotopic (exact) mass is 886 g/mol. The number of rotatable bonds is 6. The lowest BCUT2D eigenvalue weighted by atomic mass is 9.86. The lowest BCUT2D eigenvalue weighted by molar-refractivity contribution is -0.137. The van der Waals surface area contributed by atoms with Crippen LogP contribution >= 0.6 is 0 Å². The second-order valence-corrected chi connectivity index (χ2v) is 17.8. The van der Waals surface area contributed by atoms with Crippen LogP contribution in [0.1, 0.15) is 38.9 Å². The summed E-state index contributed by atoms with van der Waals surface area (Å²) < 4.78 is 50.5. The summed E-state index contributed by atoms with van der Waals surface area (Å²) in [6.07, 6.45) is -4.81. The Balaban J connectivity index is 1.27. The van der Waals surface area contributed by atoms with Gasteiger partial charge in [-0.25, -0.2) is 0 Å². The van der Waals surface area contributed by atoms with Gasteiger partial charge >= 0.3 is 6.18 Å². The zero-order valence-corrected chi connectivity index (χ0v) is 37.7. The zero-order valence-electron chi connectivity index (χ0n) is 37.7. The van der Waals surface area contributed by atoms with E-state index in [-0.39, 0.29) is 22.3 Å². The number of nitriles is 2. The number of aryl methyl sites for hydroxylation is 4. The predicted molar refractivity (Wildman–Crippen MR) is 270 cm³/mol. The molecule has 0 radical (unpaired) electrons. The summed E-state index contributed by atoms with van der Waals surface area (Å²) in [4.78, 5) is 0. The van der Waals surface area contributed by atoms with E-state index in [9.17, 15) is 10.5 Å². The highest BCUT2D eigenvalue weighted by molar-refractivity contribution is 6.13. The Morgan fingerprint density at radius 2 is 0.882 bits per heavy atom. The summed E-state index contributed by atoms with van der Waals surface area (Å²) in [5.41, 5.74) is 13.9. The maximum Gasteiger partial charge on any atom is 0.417 e. The van der Waals surface area contributed by atoms with Crippen molar-refractivity contribution in [2.75, 3.05) is 0 Å². The Morgan fingerprint density at radius 1 is 0.397 bits per heavy atom. The molecule has 11 rings (SSSR count). The minimum absolute atomic E-state index is 0.106. The van der Waals surface area contributed by atoms with E-state index in [1.54, 1.807) is 18.2 Å². The second kappa shape index (κ2) is 16.0. The third-order valence-corrected chi connectivity index (χ3v) is 13.1. The Kier molecular flexibility index (Phi) is 9.92. The Labute approximate surface area is 391 Å². The molecule has 0 N–H and O–H groups in total. The quantitative estimate of drug-likeness (QED) is 0.167. The highest BCUT2D eigenvalue weighted by Crippen LogP contribution is 2.49. The topological polar surface area (TPSA) is 57.4 Å². The van der Waals surface area contributed by atoms with Gasteiger partial charge in [0.2, 0.25) is 0 Å². The Hall–Kier alpha value is -8.65. The highest BCUT2D eigenvalue weighted by atomic mass is 19.4. The summed E-state index contributed by atoms with van der Waals surface area (Å²) in [5.74, 6) is 0. The first-order valence-electron chi connectivity index (χ1n) is 22.4. The Bertz CT molecular complexity index is 3940. The molecule has 0 unspecified atom stereocenters. The summed E-state index contributed by atoms with van der Waals surface area (Å²) in [7, 11) is 0. The minimum Gasteiger partial charge on any atom is -0.309 e. The molecule has 7 heteroatoms. The van der Waals surface area contributed by atoms with Gasteiger partial charge in [0, 0.05) is 32.7 Å². The first-order valence-corrected chi connectivity index (χ1v) is 22.4. The molecule has 2 heterocycles. The molecule has 0 atom stereocenters. The molecule has 2 aromatic heterocycles. The molecule has 9 aromatic carbocycles. The van der Waals surface area contributed by atoms with Crippen molar-refractivity contribution in [2.24, 2.45) is 0 Å². The number of hydrogen-bond donors (Lipinski definition) is 0. The molecule has 68 heavy (non-hydrogen) atoms. The molecule has 0 bridgehead atoms. The van der Waals surface area contributed by atoms with Gasteiger partial charge in [-0.05, 0) is 128 Å². The molecular formula is C61H41F3N4. The number of benzene rings is 9. The van der Waals surface area contributed by atoms with Gasteiger partial charge < -0.3 is 9.13 Å². The molecule has 4 nitrogen and oxygen atoms in total. The van der Waals surface area contributed by atoms with Crippen molar-refractivity contribution in [3.05, 3.63) is 215 Å². The molecular weight excluding hydrogens is 846 g/mol. The largest absolute Gasteiger partial charge is 0.417 e. The predicted octanol–water partition coefficient (Wildman–Crippen LogP) is 16.5. The van der Waals surface area contributed by atoms with Crippen LogP contribution in [0.3, 0.4) is 0 Å². The van der Waals surface area contributed by atoms with E-state index < -0.39 is 11.7 Å². The minimum atomic E-state index is -4.81. The highest BCUT2D eigenvalue weighted by Gasteiger charge is 2.36. The van der Waals surface area contributed by atoms with Crippen LogP contribution in [0.15, 0.2) is 176 Å². The molecule has 0 aliphatic rings. The molecule has 0 saturated heterocycles. The van der Waals surface area contributed by atoms with Crippen LogP contribution in [-0.2, 0) is 6.18 Å². The van der Waals surface area contributed by atoms with Crippen LogP contribution < -0.4 is 0 Å². The van der Waals surface area contributed by atoms with Crippen LogP contribution in [0.4, 0.5) is 13.2 Å². The fourth-order valence-electron chi connectivity index (χ4n) is 10.5. The smallest absolute Gasteiger partial charge is 0.309 e. The molecule has 11 aromatic rings. The van der Waals surface area contributed by atoms with E-state index in [0.717, 1.165) is 94.2 Å². The molecule has 326 valence electrons. The van der Waals surface area contributed by atoms with Gasteiger partial charge in [0.1, 0.15) is 0 Å². The molecule has 0 aliphatic carbocycles. The van der Waals surface area contributed by atoms with E-state index in [0.29, 0.717) is 22.5 Å². The summed E-state index contributed by atoms with van der Waals surface area (Å²) >= 11 is 0. The first kappa shape index (κ1) is 42.0. The van der Waals surface area contributed by atoms with Gasteiger partial charge in [-0.2, -0.15) is 23.7 Å².